The molecule has 0 atom stereocenters. The topological polar surface area (TPSA) is 84.6 Å². The van der Waals surface area contributed by atoms with Gasteiger partial charge in [-0.3, -0.25) is 4.79 Å². The Kier molecular flexibility index (Phi) is 11.5. The molecule has 0 heterocycles. The molecule has 0 saturated heterocycles. The molecule has 1 aromatic carbocycles. The van der Waals surface area contributed by atoms with Gasteiger partial charge in [0.15, 0.2) is 0 Å². The minimum absolute atomic E-state index is 0.319. The van der Waals surface area contributed by atoms with Gasteiger partial charge < -0.3 is 11.1 Å². The monoisotopic (exact) mass is 371 g/mol. The Hall–Kier alpha value is -2.43. The van der Waals surface area contributed by atoms with Crippen molar-refractivity contribution in [2.24, 2.45) is 10.7 Å². The summed E-state index contributed by atoms with van der Waals surface area (Å²) in [4.78, 5) is 27.9. The lowest BCUT2D eigenvalue weighted by atomic mass is 9.96. The number of hydrogen-bond acceptors (Lipinski definition) is 2. The van der Waals surface area contributed by atoms with Gasteiger partial charge in [-0.2, -0.15) is 0 Å². The number of hydrogen-bond donors (Lipinski definition) is 2. The second-order valence-electron chi connectivity index (χ2n) is 6.69. The standard InChI is InChI=1S/C22H33N3O2/c1-3-5-8-14-19(20(21(23)26)15-9-6-4-2)17-25-22(27)24-16-18-12-10-7-11-13-18/h7,10-13,16H,3-6,8-9,14-15,17H2,1-2H3,(H2,23,26)(H,25,27)/b20-19-,24-16+. The fraction of sp³-hybridized carbons (Fsp3) is 0.500. The number of urea groups is 1. The molecule has 27 heavy (non-hydrogen) atoms. The van der Waals surface area contributed by atoms with E-state index in [1.807, 2.05) is 30.3 Å². The summed E-state index contributed by atoms with van der Waals surface area (Å²) in [5, 5.41) is 2.80. The number of nitrogens with zero attached hydrogens (tertiary/aromatic N) is 1. The average molecular weight is 372 g/mol. The number of carbonyl (C=O) groups is 2. The van der Waals surface area contributed by atoms with E-state index in [4.69, 9.17) is 5.73 Å². The molecule has 3 N–H and O–H groups in total. The van der Waals surface area contributed by atoms with Gasteiger partial charge in [0.25, 0.3) is 0 Å². The van der Waals surface area contributed by atoms with Crippen molar-refractivity contribution < 1.29 is 9.59 Å². The first kappa shape index (κ1) is 22.6. The van der Waals surface area contributed by atoms with E-state index in [1.54, 1.807) is 0 Å². The van der Waals surface area contributed by atoms with Gasteiger partial charge in [-0.25, -0.2) is 9.79 Å². The zero-order chi connectivity index (χ0) is 19.9. The van der Waals surface area contributed by atoms with Crippen molar-refractivity contribution in [3.05, 3.63) is 47.0 Å². The molecule has 5 nitrogen and oxygen atoms in total. The van der Waals surface area contributed by atoms with Gasteiger partial charge in [0.05, 0.1) is 0 Å². The molecule has 0 bridgehead atoms. The Labute approximate surface area is 163 Å². The van der Waals surface area contributed by atoms with Crippen LogP contribution in [0.3, 0.4) is 0 Å². The molecule has 0 aliphatic carbocycles. The van der Waals surface area contributed by atoms with E-state index in [1.165, 1.54) is 6.21 Å². The smallest absolute Gasteiger partial charge is 0.341 e. The van der Waals surface area contributed by atoms with Gasteiger partial charge in [0, 0.05) is 18.3 Å². The molecular weight excluding hydrogens is 338 g/mol. The van der Waals surface area contributed by atoms with Crippen molar-refractivity contribution in [1.29, 1.82) is 0 Å². The van der Waals surface area contributed by atoms with Gasteiger partial charge in [-0.05, 0) is 36.8 Å². The number of benzene rings is 1. The third-order valence-corrected chi connectivity index (χ3v) is 4.42. The number of carbonyl (C=O) groups excluding carboxylic acids is 2. The highest BCUT2D eigenvalue weighted by molar-refractivity contribution is 5.93. The number of primary amides is 1. The quantitative estimate of drug-likeness (QED) is 0.315. The van der Waals surface area contributed by atoms with Gasteiger partial charge in [0.1, 0.15) is 0 Å². The third kappa shape index (κ3) is 9.73. The van der Waals surface area contributed by atoms with Gasteiger partial charge in [-0.1, -0.05) is 69.9 Å². The largest absolute Gasteiger partial charge is 0.366 e. The van der Waals surface area contributed by atoms with Crippen molar-refractivity contribution in [2.75, 3.05) is 6.54 Å². The first-order chi connectivity index (χ1) is 13.1. The van der Waals surface area contributed by atoms with E-state index in [0.717, 1.165) is 56.1 Å². The summed E-state index contributed by atoms with van der Waals surface area (Å²) in [6.07, 6.45) is 9.24. The van der Waals surface area contributed by atoms with Crippen LogP contribution in [0.2, 0.25) is 0 Å². The minimum Gasteiger partial charge on any atom is -0.366 e. The third-order valence-electron chi connectivity index (χ3n) is 4.42. The number of aliphatic imine (C=N–C) groups is 1. The van der Waals surface area contributed by atoms with Crippen molar-refractivity contribution in [3.8, 4) is 0 Å². The fourth-order valence-electron chi connectivity index (χ4n) is 2.86. The molecule has 0 aliphatic rings. The van der Waals surface area contributed by atoms with Gasteiger partial charge in [-0.15, -0.1) is 0 Å². The maximum absolute atomic E-state index is 12.1. The Morgan fingerprint density at radius 2 is 1.63 bits per heavy atom. The lowest BCUT2D eigenvalue weighted by Crippen LogP contribution is -2.26. The molecule has 148 valence electrons. The summed E-state index contributed by atoms with van der Waals surface area (Å²) in [6.45, 7) is 4.58. The molecule has 0 unspecified atom stereocenters. The number of nitrogens with two attached hydrogens (primary N) is 1. The zero-order valence-corrected chi connectivity index (χ0v) is 16.7. The Balaban J connectivity index is 2.76. The van der Waals surface area contributed by atoms with Crippen LogP contribution in [0, 0.1) is 0 Å². The SMILES string of the molecule is CCCCC/C(CNC(=O)/N=C/c1ccccc1)=C(\CCCCC)C(N)=O. The summed E-state index contributed by atoms with van der Waals surface area (Å²) in [7, 11) is 0. The molecule has 1 aromatic rings. The maximum Gasteiger partial charge on any atom is 0.341 e. The predicted molar refractivity (Wildman–Crippen MR) is 112 cm³/mol. The van der Waals surface area contributed by atoms with E-state index in [2.05, 4.69) is 24.2 Å². The van der Waals surface area contributed by atoms with Crippen LogP contribution in [0.1, 0.15) is 70.8 Å². The summed E-state index contributed by atoms with van der Waals surface area (Å²) in [5.74, 6) is -0.375. The first-order valence-electron chi connectivity index (χ1n) is 9.96. The van der Waals surface area contributed by atoms with E-state index < -0.39 is 6.03 Å². The van der Waals surface area contributed by atoms with Crippen molar-refractivity contribution in [2.45, 2.75) is 65.2 Å². The van der Waals surface area contributed by atoms with Gasteiger partial charge in [0.2, 0.25) is 5.91 Å². The molecule has 0 aromatic heterocycles. The van der Waals surface area contributed by atoms with Crippen LogP contribution >= 0.6 is 0 Å². The lowest BCUT2D eigenvalue weighted by molar-refractivity contribution is -0.114. The molecule has 0 aliphatic heterocycles. The van der Waals surface area contributed by atoms with E-state index in [9.17, 15) is 9.59 Å². The van der Waals surface area contributed by atoms with Crippen LogP contribution in [0.25, 0.3) is 0 Å². The minimum atomic E-state index is -0.413. The first-order valence-corrected chi connectivity index (χ1v) is 9.96. The summed E-state index contributed by atoms with van der Waals surface area (Å²) in [6, 6.07) is 9.04. The number of nitrogens with one attached hydrogen (secondary N) is 1. The second-order valence-corrected chi connectivity index (χ2v) is 6.69. The normalized spacial score (nSPS) is 12.1. The number of rotatable bonds is 12. The van der Waals surface area contributed by atoms with Gasteiger partial charge >= 0.3 is 6.03 Å². The van der Waals surface area contributed by atoms with Crippen LogP contribution in [0.15, 0.2) is 46.5 Å². The van der Waals surface area contributed by atoms with Crippen molar-refractivity contribution >= 4 is 18.2 Å². The number of unbranched alkanes of at least 4 members (excludes halogenated alkanes) is 4. The van der Waals surface area contributed by atoms with Crippen molar-refractivity contribution in [1.82, 2.24) is 5.32 Å². The zero-order valence-electron chi connectivity index (χ0n) is 16.7. The molecule has 0 spiro atoms. The van der Waals surface area contributed by atoms with E-state index in [0.29, 0.717) is 18.5 Å². The second kappa shape index (κ2) is 13.7. The lowest BCUT2D eigenvalue weighted by Gasteiger charge is -2.14. The predicted octanol–water partition coefficient (Wildman–Crippen LogP) is 4.76. The molecule has 3 amide bonds. The van der Waals surface area contributed by atoms with Crippen LogP contribution < -0.4 is 11.1 Å². The molecule has 0 saturated carbocycles. The summed E-state index contributed by atoms with van der Waals surface area (Å²) >= 11 is 0. The average Bonchev–Trinajstić information content (AvgIpc) is 2.67. The molecular formula is C22H33N3O2. The Morgan fingerprint density at radius 3 is 2.22 bits per heavy atom. The molecule has 1 rings (SSSR count). The van der Waals surface area contributed by atoms with Crippen LogP contribution in [-0.4, -0.2) is 24.7 Å². The Morgan fingerprint density at radius 1 is 1.00 bits per heavy atom. The molecule has 0 fully saturated rings. The highest BCUT2D eigenvalue weighted by Crippen LogP contribution is 2.18. The van der Waals surface area contributed by atoms with Crippen LogP contribution in [-0.2, 0) is 4.79 Å². The van der Waals surface area contributed by atoms with Crippen LogP contribution in [0.5, 0.6) is 0 Å². The number of amides is 3. The highest BCUT2D eigenvalue weighted by Gasteiger charge is 2.13. The van der Waals surface area contributed by atoms with Crippen LogP contribution in [0.4, 0.5) is 4.79 Å². The Bertz CT molecular complexity index is 636. The fourth-order valence-corrected chi connectivity index (χ4v) is 2.86. The highest BCUT2D eigenvalue weighted by atomic mass is 16.2. The van der Waals surface area contributed by atoms with E-state index in [-0.39, 0.29) is 5.91 Å². The molecule has 5 heteroatoms. The molecule has 0 radical (unpaired) electrons. The summed E-state index contributed by atoms with van der Waals surface area (Å²) < 4.78 is 0. The van der Waals surface area contributed by atoms with Crippen molar-refractivity contribution in [3.63, 3.8) is 0 Å². The summed E-state index contributed by atoms with van der Waals surface area (Å²) in [5.41, 5.74) is 8.10. The van der Waals surface area contributed by atoms with E-state index >= 15 is 0 Å². The maximum atomic E-state index is 12.1.